The Hall–Kier alpha value is -1.66. The number of hydrogen-bond acceptors (Lipinski definition) is 5. The molecule has 0 radical (unpaired) electrons. The summed E-state index contributed by atoms with van der Waals surface area (Å²) in [5.41, 5.74) is 6.47. The van der Waals surface area contributed by atoms with Crippen LogP contribution in [0.4, 0.5) is 5.82 Å². The summed E-state index contributed by atoms with van der Waals surface area (Å²) < 4.78 is 0. The number of likely N-dealkylation sites (N-methyl/N-ethyl adjacent to an activating group) is 1. The van der Waals surface area contributed by atoms with Crippen LogP contribution in [0.3, 0.4) is 0 Å². The summed E-state index contributed by atoms with van der Waals surface area (Å²) in [6.07, 6.45) is 11.6. The first-order valence-corrected chi connectivity index (χ1v) is 9.91. The third-order valence-corrected chi connectivity index (χ3v) is 6.15. The van der Waals surface area contributed by atoms with Gasteiger partial charge in [-0.2, -0.15) is 0 Å². The van der Waals surface area contributed by atoms with E-state index in [0.717, 1.165) is 19.6 Å². The van der Waals surface area contributed by atoms with Crippen LogP contribution in [0, 0.1) is 0 Å². The summed E-state index contributed by atoms with van der Waals surface area (Å²) in [6.45, 7) is 3.08. The molecule has 144 valence electrons. The fourth-order valence-corrected chi connectivity index (χ4v) is 4.87. The molecule has 0 bridgehead atoms. The Morgan fingerprint density at radius 3 is 2.46 bits per heavy atom. The van der Waals surface area contributed by atoms with Crippen molar-refractivity contribution in [3.63, 3.8) is 0 Å². The number of aliphatic carboxylic acids is 1. The minimum Gasteiger partial charge on any atom is -0.480 e. The molecule has 1 aromatic rings. The normalized spacial score (nSPS) is 22.2. The van der Waals surface area contributed by atoms with Gasteiger partial charge in [-0.25, -0.2) is 4.98 Å². The lowest BCUT2D eigenvalue weighted by Gasteiger charge is -2.50. The molecular weight excluding hydrogens is 328 g/mol. The Labute approximate surface area is 156 Å². The number of nitrogen functional groups attached to an aromatic ring is 1. The van der Waals surface area contributed by atoms with Gasteiger partial charge in [-0.05, 0) is 57.5 Å². The van der Waals surface area contributed by atoms with Crippen LogP contribution < -0.4 is 5.73 Å². The summed E-state index contributed by atoms with van der Waals surface area (Å²) in [5.74, 6) is -0.415. The average Bonchev–Trinajstić information content (AvgIpc) is 2.65. The smallest absolute Gasteiger partial charge is 0.325 e. The Balaban J connectivity index is 1.81. The lowest BCUT2D eigenvalue weighted by atomic mass is 9.78. The van der Waals surface area contributed by atoms with E-state index in [1.165, 1.54) is 51.4 Å². The van der Waals surface area contributed by atoms with E-state index in [0.29, 0.717) is 11.4 Å². The van der Waals surface area contributed by atoms with Crippen molar-refractivity contribution in [3.05, 3.63) is 23.9 Å². The summed E-state index contributed by atoms with van der Waals surface area (Å²) in [7, 11) is 1.94. The number of anilines is 1. The molecule has 1 unspecified atom stereocenters. The highest BCUT2D eigenvalue weighted by Crippen LogP contribution is 2.37. The van der Waals surface area contributed by atoms with Crippen LogP contribution in [-0.4, -0.2) is 58.1 Å². The minimum absolute atomic E-state index is 0.113. The van der Waals surface area contributed by atoms with Gasteiger partial charge in [0.2, 0.25) is 0 Å². The Morgan fingerprint density at radius 1 is 1.23 bits per heavy atom. The summed E-state index contributed by atoms with van der Waals surface area (Å²) in [5, 5.41) is 9.88. The SMILES string of the molecule is CN(CC1(N2CCCCC2)CCCCC1)C(C(=O)O)c1ccc(N)nc1. The fraction of sp³-hybridized carbons (Fsp3) is 0.700. The van der Waals surface area contributed by atoms with Gasteiger partial charge >= 0.3 is 5.97 Å². The molecule has 3 rings (SSSR count). The molecular formula is C20H32N4O2. The Kier molecular flexibility index (Phi) is 6.14. The van der Waals surface area contributed by atoms with E-state index in [1.807, 2.05) is 11.9 Å². The first kappa shape index (κ1) is 19.1. The van der Waals surface area contributed by atoms with E-state index in [-0.39, 0.29) is 5.54 Å². The first-order chi connectivity index (χ1) is 12.5. The fourth-order valence-electron chi connectivity index (χ4n) is 4.87. The van der Waals surface area contributed by atoms with Crippen LogP contribution in [0.2, 0.25) is 0 Å². The predicted molar refractivity (Wildman–Crippen MR) is 103 cm³/mol. The third kappa shape index (κ3) is 4.18. The molecule has 0 amide bonds. The van der Waals surface area contributed by atoms with E-state index in [4.69, 9.17) is 5.73 Å². The van der Waals surface area contributed by atoms with Gasteiger partial charge < -0.3 is 10.8 Å². The number of likely N-dealkylation sites (tertiary alicyclic amines) is 1. The van der Waals surface area contributed by atoms with Crippen LogP contribution in [0.25, 0.3) is 0 Å². The number of rotatable bonds is 6. The third-order valence-electron chi connectivity index (χ3n) is 6.15. The van der Waals surface area contributed by atoms with Crippen LogP contribution >= 0.6 is 0 Å². The highest BCUT2D eigenvalue weighted by Gasteiger charge is 2.41. The molecule has 1 aliphatic heterocycles. The van der Waals surface area contributed by atoms with Crippen molar-refractivity contribution in [2.75, 3.05) is 32.4 Å². The number of aromatic nitrogens is 1. The molecule has 2 heterocycles. The number of carbonyl (C=O) groups is 1. The Morgan fingerprint density at radius 2 is 1.88 bits per heavy atom. The summed E-state index contributed by atoms with van der Waals surface area (Å²) in [4.78, 5) is 20.8. The largest absolute Gasteiger partial charge is 0.480 e. The van der Waals surface area contributed by atoms with Gasteiger partial charge in [0.15, 0.2) is 0 Å². The van der Waals surface area contributed by atoms with Crippen molar-refractivity contribution < 1.29 is 9.90 Å². The van der Waals surface area contributed by atoms with Gasteiger partial charge in [0.25, 0.3) is 0 Å². The molecule has 1 atom stereocenters. The van der Waals surface area contributed by atoms with Crippen molar-refractivity contribution >= 4 is 11.8 Å². The molecule has 0 spiro atoms. The molecule has 26 heavy (non-hydrogen) atoms. The molecule has 3 N–H and O–H groups in total. The average molecular weight is 361 g/mol. The number of carboxylic acids is 1. The highest BCUT2D eigenvalue weighted by molar-refractivity contribution is 5.75. The van der Waals surface area contributed by atoms with Crippen LogP contribution in [0.15, 0.2) is 18.3 Å². The molecule has 2 fully saturated rings. The second-order valence-electron chi connectivity index (χ2n) is 8.00. The van der Waals surface area contributed by atoms with E-state index in [9.17, 15) is 9.90 Å². The maximum Gasteiger partial charge on any atom is 0.325 e. The van der Waals surface area contributed by atoms with Crippen molar-refractivity contribution in [2.24, 2.45) is 0 Å². The molecule has 2 aliphatic rings. The molecule has 1 aliphatic carbocycles. The van der Waals surface area contributed by atoms with Crippen molar-refractivity contribution in [1.29, 1.82) is 0 Å². The number of pyridine rings is 1. The second kappa shape index (κ2) is 8.35. The van der Waals surface area contributed by atoms with Gasteiger partial charge in [-0.15, -0.1) is 0 Å². The van der Waals surface area contributed by atoms with Crippen molar-refractivity contribution in [3.8, 4) is 0 Å². The molecule has 0 aromatic carbocycles. The van der Waals surface area contributed by atoms with Crippen LogP contribution in [-0.2, 0) is 4.79 Å². The standard InChI is InChI=1S/C20H32N4O2/c1-23(18(19(25)26)16-8-9-17(21)22-14-16)15-20(10-4-2-5-11-20)24-12-6-3-7-13-24/h8-9,14,18H,2-7,10-13,15H2,1H3,(H2,21,22)(H,25,26). The van der Waals surface area contributed by atoms with Crippen LogP contribution in [0.5, 0.6) is 0 Å². The molecule has 1 saturated carbocycles. The quantitative estimate of drug-likeness (QED) is 0.812. The monoisotopic (exact) mass is 360 g/mol. The number of nitrogens with zero attached hydrogens (tertiary/aromatic N) is 3. The van der Waals surface area contributed by atoms with Gasteiger partial charge in [-0.1, -0.05) is 31.7 Å². The molecule has 1 aromatic heterocycles. The molecule has 6 heteroatoms. The summed E-state index contributed by atoms with van der Waals surface area (Å²) >= 11 is 0. The van der Waals surface area contributed by atoms with E-state index < -0.39 is 12.0 Å². The van der Waals surface area contributed by atoms with E-state index in [1.54, 1.807) is 18.3 Å². The lowest BCUT2D eigenvalue weighted by molar-refractivity contribution is -0.144. The predicted octanol–water partition coefficient (Wildman–Crippen LogP) is 2.91. The zero-order valence-electron chi connectivity index (χ0n) is 15.9. The zero-order valence-corrected chi connectivity index (χ0v) is 15.9. The maximum absolute atomic E-state index is 12.0. The van der Waals surface area contributed by atoms with Gasteiger partial charge in [-0.3, -0.25) is 14.6 Å². The van der Waals surface area contributed by atoms with E-state index >= 15 is 0 Å². The van der Waals surface area contributed by atoms with Gasteiger partial charge in [0, 0.05) is 18.3 Å². The Bertz CT molecular complexity index is 592. The van der Waals surface area contributed by atoms with Crippen LogP contribution in [0.1, 0.15) is 63.0 Å². The minimum atomic E-state index is -0.830. The molecule has 1 saturated heterocycles. The number of hydrogen-bond donors (Lipinski definition) is 2. The first-order valence-electron chi connectivity index (χ1n) is 9.91. The number of carboxylic acid groups (broad SMARTS) is 1. The highest BCUT2D eigenvalue weighted by atomic mass is 16.4. The number of nitrogens with two attached hydrogens (primary N) is 1. The maximum atomic E-state index is 12.0. The van der Waals surface area contributed by atoms with E-state index in [2.05, 4.69) is 9.88 Å². The zero-order chi connectivity index (χ0) is 18.6. The molecule has 6 nitrogen and oxygen atoms in total. The van der Waals surface area contributed by atoms with Crippen molar-refractivity contribution in [1.82, 2.24) is 14.8 Å². The summed E-state index contributed by atoms with van der Waals surface area (Å²) in [6, 6.07) is 2.78. The van der Waals surface area contributed by atoms with Gasteiger partial charge in [0.05, 0.1) is 0 Å². The lowest BCUT2D eigenvalue weighted by Crippen LogP contribution is -2.58. The number of piperidine rings is 1. The topological polar surface area (TPSA) is 82.7 Å². The van der Waals surface area contributed by atoms with Gasteiger partial charge in [0.1, 0.15) is 11.9 Å². The second-order valence-corrected chi connectivity index (χ2v) is 8.00. The van der Waals surface area contributed by atoms with Crippen molar-refractivity contribution in [2.45, 2.75) is 62.9 Å².